The van der Waals surface area contributed by atoms with Crippen molar-refractivity contribution in [3.05, 3.63) is 34.6 Å². The van der Waals surface area contributed by atoms with Crippen molar-refractivity contribution in [2.45, 2.75) is 56.6 Å². The minimum atomic E-state index is -0.105. The van der Waals surface area contributed by atoms with Crippen molar-refractivity contribution >= 4 is 28.7 Å². The van der Waals surface area contributed by atoms with Gasteiger partial charge in [-0.2, -0.15) is 0 Å². The van der Waals surface area contributed by atoms with E-state index in [9.17, 15) is 9.59 Å². The molecule has 1 saturated heterocycles. The third-order valence-corrected chi connectivity index (χ3v) is 7.16. The number of thioether (sulfide) groups is 1. The van der Waals surface area contributed by atoms with E-state index in [1.807, 2.05) is 36.1 Å². The first-order valence-corrected chi connectivity index (χ1v) is 11.8. The number of aromatic nitrogens is 2. The molecule has 7 heteroatoms. The monoisotopic (exact) mass is 414 g/mol. The average Bonchev–Trinajstić information content (AvgIpc) is 2.78. The molecule has 1 saturated carbocycles. The number of aryl methyl sites for hydroxylation is 1. The second kappa shape index (κ2) is 9.30. The number of benzene rings is 1. The van der Waals surface area contributed by atoms with Crippen molar-refractivity contribution in [1.29, 1.82) is 0 Å². The highest BCUT2D eigenvalue weighted by Crippen LogP contribution is 2.24. The Labute approximate surface area is 176 Å². The summed E-state index contributed by atoms with van der Waals surface area (Å²) in [7, 11) is 0. The number of carbonyl (C=O) groups excluding carboxylic acids is 1. The third-order valence-electron chi connectivity index (χ3n) is 6.23. The first-order valence-electron chi connectivity index (χ1n) is 10.8. The van der Waals surface area contributed by atoms with Crippen molar-refractivity contribution in [3.8, 4) is 0 Å². The standard InChI is InChI=1S/C22H30N4O2S/c1-2-26-19-11-7-6-10-18(19)23-21(22(26)28)29-16-20(27)25-14-12-24(13-15-25)17-8-4-3-5-9-17/h6-7,10-11,17H,2-5,8-9,12-16H2,1H3. The fourth-order valence-corrected chi connectivity index (χ4v) is 5.42. The van der Waals surface area contributed by atoms with Crippen LogP contribution in [0.25, 0.3) is 11.0 Å². The molecule has 2 aromatic rings. The van der Waals surface area contributed by atoms with Crippen LogP contribution in [0.1, 0.15) is 39.0 Å². The van der Waals surface area contributed by atoms with Gasteiger partial charge >= 0.3 is 0 Å². The maximum absolute atomic E-state index is 12.8. The normalized spacial score (nSPS) is 19.0. The average molecular weight is 415 g/mol. The van der Waals surface area contributed by atoms with Crippen LogP contribution in [0.3, 0.4) is 0 Å². The van der Waals surface area contributed by atoms with Crippen LogP contribution in [0, 0.1) is 0 Å². The Morgan fingerprint density at radius 2 is 1.83 bits per heavy atom. The van der Waals surface area contributed by atoms with E-state index in [2.05, 4.69) is 9.88 Å². The van der Waals surface area contributed by atoms with Crippen LogP contribution in [0.4, 0.5) is 0 Å². The molecule has 1 aromatic carbocycles. The summed E-state index contributed by atoms with van der Waals surface area (Å²) in [5.74, 6) is 0.379. The van der Waals surface area contributed by atoms with Crippen molar-refractivity contribution in [2.24, 2.45) is 0 Å². The predicted octanol–water partition coefficient (Wildman–Crippen LogP) is 2.99. The SMILES string of the molecule is CCn1c(=O)c(SCC(=O)N2CCN(C3CCCCC3)CC2)nc2ccccc21. The summed E-state index contributed by atoms with van der Waals surface area (Å²) in [6.45, 7) is 6.07. The van der Waals surface area contributed by atoms with Gasteiger partial charge < -0.3 is 9.47 Å². The molecule has 2 fully saturated rings. The zero-order valence-corrected chi connectivity index (χ0v) is 18.0. The molecule has 0 bridgehead atoms. The minimum absolute atomic E-state index is 0.105. The number of piperazine rings is 1. The molecule has 6 nitrogen and oxygen atoms in total. The highest BCUT2D eigenvalue weighted by atomic mass is 32.2. The lowest BCUT2D eigenvalue weighted by atomic mass is 9.94. The molecule has 1 amide bonds. The topological polar surface area (TPSA) is 58.4 Å². The lowest BCUT2D eigenvalue weighted by Gasteiger charge is -2.40. The van der Waals surface area contributed by atoms with Crippen LogP contribution < -0.4 is 5.56 Å². The number of carbonyl (C=O) groups is 1. The molecule has 1 aromatic heterocycles. The van der Waals surface area contributed by atoms with Gasteiger partial charge in [0.2, 0.25) is 5.91 Å². The molecule has 4 rings (SSSR count). The molecule has 1 aliphatic heterocycles. The molecule has 0 spiro atoms. The van der Waals surface area contributed by atoms with Gasteiger partial charge in [-0.3, -0.25) is 14.5 Å². The van der Waals surface area contributed by atoms with E-state index in [1.54, 1.807) is 4.57 Å². The predicted molar refractivity (Wildman–Crippen MR) is 117 cm³/mol. The zero-order valence-electron chi connectivity index (χ0n) is 17.2. The van der Waals surface area contributed by atoms with Gasteiger partial charge in [-0.15, -0.1) is 0 Å². The molecular weight excluding hydrogens is 384 g/mol. The Bertz CT molecular complexity index is 915. The number of hydrogen-bond donors (Lipinski definition) is 0. The van der Waals surface area contributed by atoms with Gasteiger partial charge in [0.05, 0.1) is 16.8 Å². The van der Waals surface area contributed by atoms with E-state index >= 15 is 0 Å². The summed E-state index contributed by atoms with van der Waals surface area (Å²) in [6, 6.07) is 8.38. The molecule has 0 radical (unpaired) electrons. The largest absolute Gasteiger partial charge is 0.339 e. The van der Waals surface area contributed by atoms with Gasteiger partial charge in [-0.05, 0) is 31.9 Å². The molecule has 29 heavy (non-hydrogen) atoms. The van der Waals surface area contributed by atoms with Crippen LogP contribution in [0.5, 0.6) is 0 Å². The Morgan fingerprint density at radius 1 is 1.10 bits per heavy atom. The zero-order chi connectivity index (χ0) is 20.2. The summed E-state index contributed by atoms with van der Waals surface area (Å²) in [5.41, 5.74) is 1.53. The van der Waals surface area contributed by atoms with Crippen molar-refractivity contribution < 1.29 is 4.79 Å². The van der Waals surface area contributed by atoms with Gasteiger partial charge in [0.1, 0.15) is 0 Å². The maximum atomic E-state index is 12.8. The number of nitrogens with zero attached hydrogens (tertiary/aromatic N) is 4. The Balaban J connectivity index is 1.36. The lowest BCUT2D eigenvalue weighted by Crippen LogP contribution is -2.52. The molecular formula is C22H30N4O2S. The van der Waals surface area contributed by atoms with E-state index in [4.69, 9.17) is 0 Å². The van der Waals surface area contributed by atoms with E-state index in [-0.39, 0.29) is 17.2 Å². The molecule has 2 aliphatic rings. The number of hydrogen-bond acceptors (Lipinski definition) is 5. The molecule has 0 atom stereocenters. The summed E-state index contributed by atoms with van der Waals surface area (Å²) in [6.07, 6.45) is 6.67. The van der Waals surface area contributed by atoms with E-state index in [1.165, 1.54) is 43.9 Å². The first-order chi connectivity index (χ1) is 14.2. The van der Waals surface area contributed by atoms with Crippen molar-refractivity contribution in [2.75, 3.05) is 31.9 Å². The fourth-order valence-electron chi connectivity index (χ4n) is 4.58. The summed E-state index contributed by atoms with van der Waals surface area (Å²) < 4.78 is 1.73. The van der Waals surface area contributed by atoms with Gasteiger partial charge in [0, 0.05) is 38.8 Å². The molecule has 1 aliphatic carbocycles. The second-order valence-electron chi connectivity index (χ2n) is 7.95. The lowest BCUT2D eigenvalue weighted by molar-refractivity contribution is -0.130. The fraction of sp³-hybridized carbons (Fsp3) is 0.591. The van der Waals surface area contributed by atoms with Gasteiger partial charge in [0.25, 0.3) is 5.56 Å². The Hall–Kier alpha value is -1.86. The van der Waals surface area contributed by atoms with Crippen LogP contribution in [-0.2, 0) is 11.3 Å². The van der Waals surface area contributed by atoms with Crippen LogP contribution in [0.15, 0.2) is 34.1 Å². The van der Waals surface area contributed by atoms with Crippen molar-refractivity contribution in [3.63, 3.8) is 0 Å². The maximum Gasteiger partial charge on any atom is 0.283 e. The number of para-hydroxylation sites is 2. The molecule has 0 unspecified atom stereocenters. The first kappa shape index (κ1) is 20.4. The smallest absolute Gasteiger partial charge is 0.283 e. The highest BCUT2D eigenvalue weighted by Gasteiger charge is 2.27. The number of fused-ring (bicyclic) bond motifs is 1. The molecule has 2 heterocycles. The molecule has 0 N–H and O–H groups in total. The van der Waals surface area contributed by atoms with Crippen LogP contribution >= 0.6 is 11.8 Å². The number of amides is 1. The Kier molecular flexibility index (Phi) is 6.55. The minimum Gasteiger partial charge on any atom is -0.339 e. The van der Waals surface area contributed by atoms with E-state index in [0.717, 1.165) is 37.2 Å². The molecule has 156 valence electrons. The van der Waals surface area contributed by atoms with E-state index < -0.39 is 0 Å². The second-order valence-corrected chi connectivity index (χ2v) is 8.92. The number of rotatable bonds is 5. The summed E-state index contributed by atoms with van der Waals surface area (Å²) in [5, 5.41) is 0.416. The van der Waals surface area contributed by atoms with Crippen molar-refractivity contribution in [1.82, 2.24) is 19.4 Å². The quantitative estimate of drug-likeness (QED) is 0.704. The van der Waals surface area contributed by atoms with Crippen LogP contribution in [-0.4, -0.2) is 63.2 Å². The Morgan fingerprint density at radius 3 is 2.55 bits per heavy atom. The van der Waals surface area contributed by atoms with Gasteiger partial charge in [-0.25, -0.2) is 4.98 Å². The van der Waals surface area contributed by atoms with Gasteiger partial charge in [-0.1, -0.05) is 43.2 Å². The van der Waals surface area contributed by atoms with Crippen LogP contribution in [0.2, 0.25) is 0 Å². The summed E-state index contributed by atoms with van der Waals surface area (Å²) >= 11 is 1.27. The highest BCUT2D eigenvalue weighted by molar-refractivity contribution is 7.99. The summed E-state index contributed by atoms with van der Waals surface area (Å²) in [4.78, 5) is 34.5. The van der Waals surface area contributed by atoms with E-state index in [0.29, 0.717) is 17.6 Å². The third kappa shape index (κ3) is 4.51. The van der Waals surface area contributed by atoms with Gasteiger partial charge in [0.15, 0.2) is 5.03 Å².